The molecule has 0 aliphatic carbocycles. The van der Waals surface area contributed by atoms with E-state index in [-0.39, 0.29) is 5.92 Å². The van der Waals surface area contributed by atoms with Gasteiger partial charge in [-0.1, -0.05) is 133 Å². The van der Waals surface area contributed by atoms with Gasteiger partial charge >= 0.3 is 0 Å². The molecule has 0 heterocycles. The zero-order chi connectivity index (χ0) is 23.4. The molecule has 0 fully saturated rings. The van der Waals surface area contributed by atoms with E-state index >= 15 is 0 Å². The Morgan fingerprint density at radius 2 is 1.03 bits per heavy atom. The molecule has 2 rings (SSSR count). The van der Waals surface area contributed by atoms with Crippen LogP contribution in [0.4, 0.5) is 0 Å². The number of aliphatic hydroxyl groups excluding tert-OH is 2. The molecule has 2 nitrogen and oxygen atoms in total. The standard InChI is InChI=1S/C30H46O2/c1-24(2)29(32)30(3,4)28(31)23-17-9-7-5-6-8-16-22-27(25-18-12-10-13-19-25)26-20-14-11-15-21-26/h10-15,18-21,24,27-29,31-32H,5-9,16-17,22-23H2,1-4H3. The number of benzene rings is 2. The Labute approximate surface area is 197 Å². The minimum Gasteiger partial charge on any atom is -0.392 e. The molecule has 0 aliphatic heterocycles. The Bertz CT molecular complexity index is 684. The molecule has 2 aromatic carbocycles. The lowest BCUT2D eigenvalue weighted by Gasteiger charge is -2.37. The molecule has 2 atom stereocenters. The molecule has 0 radical (unpaired) electrons. The van der Waals surface area contributed by atoms with Crippen molar-refractivity contribution in [2.75, 3.05) is 0 Å². The van der Waals surface area contributed by atoms with E-state index in [4.69, 9.17) is 0 Å². The van der Waals surface area contributed by atoms with Crippen molar-refractivity contribution in [2.45, 2.75) is 104 Å². The second kappa shape index (κ2) is 13.8. The lowest BCUT2D eigenvalue weighted by atomic mass is 9.75. The van der Waals surface area contributed by atoms with Crippen LogP contribution in [0.2, 0.25) is 0 Å². The SMILES string of the molecule is CC(C)C(O)C(C)(C)C(O)CCCCCCCCCC(c1ccccc1)c1ccccc1. The van der Waals surface area contributed by atoms with Crippen LogP contribution in [0.25, 0.3) is 0 Å². The maximum atomic E-state index is 10.5. The van der Waals surface area contributed by atoms with Gasteiger partial charge < -0.3 is 10.2 Å². The first-order valence-corrected chi connectivity index (χ1v) is 12.8. The Morgan fingerprint density at radius 3 is 1.47 bits per heavy atom. The van der Waals surface area contributed by atoms with Crippen molar-refractivity contribution in [3.05, 3.63) is 71.8 Å². The van der Waals surface area contributed by atoms with Crippen LogP contribution in [0.3, 0.4) is 0 Å². The van der Waals surface area contributed by atoms with Gasteiger partial charge in [0.25, 0.3) is 0 Å². The highest BCUT2D eigenvalue weighted by molar-refractivity contribution is 5.32. The molecule has 2 unspecified atom stereocenters. The molecule has 32 heavy (non-hydrogen) atoms. The smallest absolute Gasteiger partial charge is 0.0638 e. The lowest BCUT2D eigenvalue weighted by molar-refractivity contribution is -0.0710. The van der Waals surface area contributed by atoms with Gasteiger partial charge in [0.2, 0.25) is 0 Å². The largest absolute Gasteiger partial charge is 0.392 e. The third-order valence-electron chi connectivity index (χ3n) is 7.13. The summed E-state index contributed by atoms with van der Waals surface area (Å²) in [5, 5.41) is 20.9. The first-order chi connectivity index (χ1) is 15.3. The summed E-state index contributed by atoms with van der Waals surface area (Å²) in [6.45, 7) is 8.00. The number of rotatable bonds is 15. The van der Waals surface area contributed by atoms with Gasteiger partial charge in [0.05, 0.1) is 12.2 Å². The minimum atomic E-state index is -0.465. The topological polar surface area (TPSA) is 40.5 Å². The lowest BCUT2D eigenvalue weighted by Crippen LogP contribution is -2.43. The molecular weight excluding hydrogens is 392 g/mol. The summed E-state index contributed by atoms with van der Waals surface area (Å²) in [5.74, 6) is 0.659. The molecule has 0 bridgehead atoms. The highest BCUT2D eigenvalue weighted by Gasteiger charge is 2.36. The van der Waals surface area contributed by atoms with Crippen LogP contribution in [0.15, 0.2) is 60.7 Å². The van der Waals surface area contributed by atoms with E-state index in [9.17, 15) is 10.2 Å². The number of hydrogen-bond donors (Lipinski definition) is 2. The van der Waals surface area contributed by atoms with Gasteiger partial charge in [0.1, 0.15) is 0 Å². The summed E-state index contributed by atoms with van der Waals surface area (Å²) in [4.78, 5) is 0. The predicted octanol–water partition coefficient (Wildman–Crippen LogP) is 7.73. The monoisotopic (exact) mass is 438 g/mol. The fourth-order valence-corrected chi connectivity index (χ4v) is 4.89. The van der Waals surface area contributed by atoms with Crippen molar-refractivity contribution in [1.29, 1.82) is 0 Å². The molecule has 2 aromatic rings. The van der Waals surface area contributed by atoms with Crippen molar-refractivity contribution in [1.82, 2.24) is 0 Å². The number of hydrogen-bond acceptors (Lipinski definition) is 2. The van der Waals surface area contributed by atoms with E-state index < -0.39 is 17.6 Å². The van der Waals surface area contributed by atoms with Crippen molar-refractivity contribution in [3.8, 4) is 0 Å². The number of aliphatic hydroxyl groups is 2. The van der Waals surface area contributed by atoms with Crippen molar-refractivity contribution < 1.29 is 10.2 Å². The van der Waals surface area contributed by atoms with Crippen molar-refractivity contribution in [3.63, 3.8) is 0 Å². The predicted molar refractivity (Wildman–Crippen MR) is 137 cm³/mol. The van der Waals surface area contributed by atoms with Crippen LogP contribution in [0, 0.1) is 11.3 Å². The van der Waals surface area contributed by atoms with E-state index in [1.165, 1.54) is 56.1 Å². The van der Waals surface area contributed by atoms with Crippen LogP contribution in [-0.4, -0.2) is 22.4 Å². The Kier molecular flexibility index (Phi) is 11.5. The molecule has 0 aromatic heterocycles. The minimum absolute atomic E-state index is 0.169. The normalized spacial score (nSPS) is 14.1. The third-order valence-corrected chi connectivity index (χ3v) is 7.13. The second-order valence-electron chi connectivity index (χ2n) is 10.5. The first-order valence-electron chi connectivity index (χ1n) is 12.8. The summed E-state index contributed by atoms with van der Waals surface area (Å²) in [6.07, 6.45) is 9.63. The Morgan fingerprint density at radius 1 is 0.625 bits per heavy atom. The summed E-state index contributed by atoms with van der Waals surface area (Å²) in [5.41, 5.74) is 2.40. The fourth-order valence-electron chi connectivity index (χ4n) is 4.89. The van der Waals surface area contributed by atoms with E-state index in [2.05, 4.69) is 60.7 Å². The van der Waals surface area contributed by atoms with Crippen LogP contribution in [0.1, 0.15) is 103 Å². The van der Waals surface area contributed by atoms with Crippen LogP contribution in [0.5, 0.6) is 0 Å². The summed E-state index contributed by atoms with van der Waals surface area (Å²) in [7, 11) is 0. The zero-order valence-electron chi connectivity index (χ0n) is 20.8. The van der Waals surface area contributed by atoms with Crippen LogP contribution in [-0.2, 0) is 0 Å². The van der Waals surface area contributed by atoms with Gasteiger partial charge in [-0.25, -0.2) is 0 Å². The van der Waals surface area contributed by atoms with Gasteiger partial charge in [0.15, 0.2) is 0 Å². The molecule has 178 valence electrons. The summed E-state index contributed by atoms with van der Waals surface area (Å²) in [6, 6.07) is 21.8. The van der Waals surface area contributed by atoms with E-state index in [1.807, 2.05) is 27.7 Å². The maximum Gasteiger partial charge on any atom is 0.0638 e. The molecule has 0 saturated heterocycles. The molecule has 2 heteroatoms. The molecule has 0 aliphatic rings. The zero-order valence-corrected chi connectivity index (χ0v) is 20.8. The number of unbranched alkanes of at least 4 members (excludes halogenated alkanes) is 6. The Balaban J connectivity index is 1.63. The van der Waals surface area contributed by atoms with E-state index in [1.54, 1.807) is 0 Å². The van der Waals surface area contributed by atoms with Gasteiger partial charge in [0, 0.05) is 11.3 Å². The third kappa shape index (κ3) is 8.37. The maximum absolute atomic E-state index is 10.5. The quantitative estimate of drug-likeness (QED) is 0.279. The van der Waals surface area contributed by atoms with Gasteiger partial charge in [-0.05, 0) is 29.9 Å². The molecule has 0 amide bonds. The van der Waals surface area contributed by atoms with Gasteiger partial charge in [-0.3, -0.25) is 0 Å². The fraction of sp³-hybridized carbons (Fsp3) is 0.600. The molecule has 2 N–H and O–H groups in total. The average molecular weight is 439 g/mol. The Hall–Kier alpha value is -1.64. The summed E-state index contributed by atoms with van der Waals surface area (Å²) >= 11 is 0. The average Bonchev–Trinajstić information content (AvgIpc) is 2.80. The molecular formula is C30H46O2. The van der Waals surface area contributed by atoms with Crippen molar-refractivity contribution >= 4 is 0 Å². The van der Waals surface area contributed by atoms with Crippen molar-refractivity contribution in [2.24, 2.45) is 11.3 Å². The van der Waals surface area contributed by atoms with E-state index in [0.29, 0.717) is 5.92 Å². The first kappa shape index (κ1) is 26.6. The highest BCUT2D eigenvalue weighted by atomic mass is 16.3. The molecule has 0 spiro atoms. The summed E-state index contributed by atoms with van der Waals surface area (Å²) < 4.78 is 0. The van der Waals surface area contributed by atoms with Crippen LogP contribution < -0.4 is 0 Å². The van der Waals surface area contributed by atoms with E-state index in [0.717, 1.165) is 12.8 Å². The van der Waals surface area contributed by atoms with Crippen LogP contribution >= 0.6 is 0 Å². The highest BCUT2D eigenvalue weighted by Crippen LogP contribution is 2.33. The second-order valence-corrected chi connectivity index (χ2v) is 10.5. The van der Waals surface area contributed by atoms with Gasteiger partial charge in [-0.15, -0.1) is 0 Å². The van der Waals surface area contributed by atoms with Gasteiger partial charge in [-0.2, -0.15) is 0 Å². The molecule has 0 saturated carbocycles.